The van der Waals surface area contributed by atoms with Gasteiger partial charge in [-0.1, -0.05) is 24.3 Å². The van der Waals surface area contributed by atoms with Gasteiger partial charge in [0.05, 0.1) is 11.6 Å². The number of nitrogens with zero attached hydrogens (tertiary/aromatic N) is 1. The Labute approximate surface area is 123 Å². The molecule has 0 saturated carbocycles. The van der Waals surface area contributed by atoms with Crippen molar-refractivity contribution in [3.63, 3.8) is 0 Å². The van der Waals surface area contributed by atoms with Gasteiger partial charge >= 0.3 is 0 Å². The van der Waals surface area contributed by atoms with Gasteiger partial charge in [0.1, 0.15) is 0 Å². The molecule has 0 aliphatic heterocycles. The lowest BCUT2D eigenvalue weighted by Crippen LogP contribution is -2.28. The minimum atomic E-state index is -0.644. The second-order valence-corrected chi connectivity index (χ2v) is 4.82. The van der Waals surface area contributed by atoms with Gasteiger partial charge in [-0.25, -0.2) is 9.37 Å². The number of carbonyl (C=O) groups is 1. The molecule has 1 aromatic carbocycles. The fraction of sp³-hybridized carbons (Fsp3) is 0.250. The molecule has 1 unspecified atom stereocenters. The van der Waals surface area contributed by atoms with Crippen molar-refractivity contribution in [2.24, 2.45) is 0 Å². The van der Waals surface area contributed by atoms with Crippen LogP contribution in [0.15, 0.2) is 36.5 Å². The number of aryl methyl sites for hydroxylation is 1. The van der Waals surface area contributed by atoms with Crippen LogP contribution in [0, 0.1) is 12.7 Å². The van der Waals surface area contributed by atoms with Crippen molar-refractivity contribution < 1.29 is 9.18 Å². The van der Waals surface area contributed by atoms with Gasteiger partial charge in [0, 0.05) is 13.2 Å². The second kappa shape index (κ2) is 6.35. The van der Waals surface area contributed by atoms with Crippen LogP contribution in [-0.4, -0.2) is 17.9 Å². The molecule has 5 heteroatoms. The van der Waals surface area contributed by atoms with E-state index in [2.05, 4.69) is 15.6 Å². The molecule has 4 nitrogen and oxygen atoms in total. The van der Waals surface area contributed by atoms with Crippen molar-refractivity contribution in [2.75, 3.05) is 12.4 Å². The Morgan fingerprint density at radius 2 is 2.00 bits per heavy atom. The van der Waals surface area contributed by atoms with Gasteiger partial charge in [-0.3, -0.25) is 4.79 Å². The molecule has 21 heavy (non-hydrogen) atoms. The first-order chi connectivity index (χ1) is 10.0. The normalized spacial score (nSPS) is 11.8. The lowest BCUT2D eigenvalue weighted by molar-refractivity contribution is 0.0935. The predicted octanol–water partition coefficient (Wildman–Crippen LogP) is 3.06. The molecule has 1 aromatic heterocycles. The van der Waals surface area contributed by atoms with Gasteiger partial charge in [-0.2, -0.15) is 0 Å². The highest BCUT2D eigenvalue weighted by atomic mass is 19.1. The molecule has 110 valence electrons. The largest absolute Gasteiger partial charge is 0.371 e. The third-order valence-corrected chi connectivity index (χ3v) is 3.37. The van der Waals surface area contributed by atoms with Gasteiger partial charge in [0.25, 0.3) is 5.91 Å². The summed E-state index contributed by atoms with van der Waals surface area (Å²) >= 11 is 0. The molecule has 2 N–H and O–H groups in total. The van der Waals surface area contributed by atoms with Crippen molar-refractivity contribution in [3.05, 3.63) is 59.0 Å². The standard InChI is InChI=1S/C16H18FN3O/c1-10-6-4-5-7-12(10)11(2)20-16(21)13-8-9-19-15(18-3)14(13)17/h4-9,11H,1-3H3,(H,18,19)(H,20,21). The summed E-state index contributed by atoms with van der Waals surface area (Å²) in [5, 5.41) is 5.43. The number of nitrogens with one attached hydrogen (secondary N) is 2. The summed E-state index contributed by atoms with van der Waals surface area (Å²) in [7, 11) is 1.56. The van der Waals surface area contributed by atoms with Crippen LogP contribution in [0.5, 0.6) is 0 Å². The maximum atomic E-state index is 14.1. The number of anilines is 1. The monoisotopic (exact) mass is 287 g/mol. The number of hydrogen-bond donors (Lipinski definition) is 2. The molecule has 1 atom stereocenters. The van der Waals surface area contributed by atoms with Crippen LogP contribution in [0.3, 0.4) is 0 Å². The van der Waals surface area contributed by atoms with E-state index >= 15 is 0 Å². The summed E-state index contributed by atoms with van der Waals surface area (Å²) in [5.41, 5.74) is 2.07. The average Bonchev–Trinajstić information content (AvgIpc) is 2.47. The van der Waals surface area contributed by atoms with Crippen LogP contribution in [0.2, 0.25) is 0 Å². The summed E-state index contributed by atoms with van der Waals surface area (Å²) in [5.74, 6) is -1.04. The number of rotatable bonds is 4. The van der Waals surface area contributed by atoms with Crippen LogP contribution in [0.25, 0.3) is 0 Å². The topological polar surface area (TPSA) is 54.0 Å². The molecule has 0 bridgehead atoms. The fourth-order valence-electron chi connectivity index (χ4n) is 2.22. The molecule has 2 rings (SSSR count). The first-order valence-corrected chi connectivity index (χ1v) is 6.73. The Kier molecular flexibility index (Phi) is 4.52. The van der Waals surface area contributed by atoms with Crippen LogP contribution >= 0.6 is 0 Å². The molecular formula is C16H18FN3O. The maximum absolute atomic E-state index is 14.1. The summed E-state index contributed by atoms with van der Waals surface area (Å²) in [6.07, 6.45) is 1.41. The van der Waals surface area contributed by atoms with E-state index in [-0.39, 0.29) is 17.4 Å². The molecule has 0 aliphatic carbocycles. The molecule has 1 amide bonds. The van der Waals surface area contributed by atoms with Crippen LogP contribution in [0.1, 0.15) is 34.5 Å². The molecular weight excluding hydrogens is 269 g/mol. The third kappa shape index (κ3) is 3.18. The Morgan fingerprint density at radius 3 is 2.67 bits per heavy atom. The summed E-state index contributed by atoms with van der Waals surface area (Å²) < 4.78 is 14.1. The van der Waals surface area contributed by atoms with Gasteiger partial charge in [-0.15, -0.1) is 0 Å². The molecule has 0 radical (unpaired) electrons. The van der Waals surface area contributed by atoms with E-state index in [0.717, 1.165) is 11.1 Å². The minimum absolute atomic E-state index is 0.0187. The zero-order valence-electron chi connectivity index (χ0n) is 12.3. The lowest BCUT2D eigenvalue weighted by atomic mass is 10.0. The van der Waals surface area contributed by atoms with Crippen molar-refractivity contribution in [3.8, 4) is 0 Å². The Bertz CT molecular complexity index is 658. The van der Waals surface area contributed by atoms with E-state index in [9.17, 15) is 9.18 Å². The molecule has 1 heterocycles. The van der Waals surface area contributed by atoms with E-state index in [1.807, 2.05) is 38.1 Å². The molecule has 0 aliphatic rings. The van der Waals surface area contributed by atoms with Crippen molar-refractivity contribution in [1.82, 2.24) is 10.3 Å². The number of amides is 1. The summed E-state index contributed by atoms with van der Waals surface area (Å²) in [6.45, 7) is 3.85. The minimum Gasteiger partial charge on any atom is -0.371 e. The first-order valence-electron chi connectivity index (χ1n) is 6.73. The smallest absolute Gasteiger partial charge is 0.254 e. The van der Waals surface area contributed by atoms with E-state index in [1.165, 1.54) is 12.3 Å². The van der Waals surface area contributed by atoms with E-state index in [1.54, 1.807) is 7.05 Å². The van der Waals surface area contributed by atoms with Gasteiger partial charge < -0.3 is 10.6 Å². The number of pyridine rings is 1. The van der Waals surface area contributed by atoms with Crippen molar-refractivity contribution >= 4 is 11.7 Å². The summed E-state index contributed by atoms with van der Waals surface area (Å²) in [6, 6.07) is 8.94. The van der Waals surface area contributed by atoms with E-state index < -0.39 is 11.7 Å². The van der Waals surface area contributed by atoms with E-state index in [4.69, 9.17) is 0 Å². The number of aromatic nitrogens is 1. The molecule has 0 fully saturated rings. The average molecular weight is 287 g/mol. The second-order valence-electron chi connectivity index (χ2n) is 4.82. The number of halogens is 1. The van der Waals surface area contributed by atoms with Gasteiger partial charge in [-0.05, 0) is 31.0 Å². The third-order valence-electron chi connectivity index (χ3n) is 3.37. The van der Waals surface area contributed by atoms with Crippen molar-refractivity contribution in [2.45, 2.75) is 19.9 Å². The lowest BCUT2D eigenvalue weighted by Gasteiger charge is -2.17. The van der Waals surface area contributed by atoms with Gasteiger partial charge in [0.2, 0.25) is 0 Å². The van der Waals surface area contributed by atoms with Crippen LogP contribution < -0.4 is 10.6 Å². The van der Waals surface area contributed by atoms with E-state index in [0.29, 0.717) is 0 Å². The van der Waals surface area contributed by atoms with Crippen LogP contribution in [-0.2, 0) is 0 Å². The predicted molar refractivity (Wildman–Crippen MR) is 80.8 cm³/mol. The zero-order valence-corrected chi connectivity index (χ0v) is 12.3. The highest BCUT2D eigenvalue weighted by Gasteiger charge is 2.18. The Morgan fingerprint density at radius 1 is 1.29 bits per heavy atom. The zero-order chi connectivity index (χ0) is 15.4. The quantitative estimate of drug-likeness (QED) is 0.908. The van der Waals surface area contributed by atoms with Gasteiger partial charge in [0.15, 0.2) is 11.6 Å². The highest BCUT2D eigenvalue weighted by molar-refractivity contribution is 5.95. The summed E-state index contributed by atoms with van der Waals surface area (Å²) in [4.78, 5) is 16.0. The maximum Gasteiger partial charge on any atom is 0.254 e. The number of benzene rings is 1. The first kappa shape index (κ1) is 15.0. The van der Waals surface area contributed by atoms with Crippen LogP contribution in [0.4, 0.5) is 10.2 Å². The SMILES string of the molecule is CNc1nccc(C(=O)NC(C)c2ccccc2C)c1F. The molecule has 2 aromatic rings. The molecule has 0 saturated heterocycles. The molecule has 0 spiro atoms. The Hall–Kier alpha value is -2.43. The number of hydrogen-bond acceptors (Lipinski definition) is 3. The van der Waals surface area contributed by atoms with Crippen molar-refractivity contribution in [1.29, 1.82) is 0 Å². The highest BCUT2D eigenvalue weighted by Crippen LogP contribution is 2.19. The Balaban J connectivity index is 2.21. The fourth-order valence-corrected chi connectivity index (χ4v) is 2.22. The number of carbonyl (C=O) groups excluding carboxylic acids is 1.